The number of nitrogens with zero attached hydrogens (tertiary/aromatic N) is 1. The van der Waals surface area contributed by atoms with Crippen LogP contribution in [0.25, 0.3) is 6.08 Å². The monoisotopic (exact) mass is 447 g/mol. The van der Waals surface area contributed by atoms with Crippen molar-refractivity contribution < 1.29 is 19.1 Å². The fraction of sp³-hybridized carbons (Fsp3) is 0.200. The van der Waals surface area contributed by atoms with Crippen LogP contribution in [0.1, 0.15) is 11.1 Å². The molecule has 1 fully saturated rings. The highest BCUT2D eigenvalue weighted by molar-refractivity contribution is 9.10. The van der Waals surface area contributed by atoms with Gasteiger partial charge in [0.15, 0.2) is 0 Å². The first-order chi connectivity index (χ1) is 13.1. The molecule has 140 valence electrons. The average Bonchev–Trinajstić information content (AvgIpc) is 2.93. The molecule has 0 radical (unpaired) electrons. The minimum absolute atomic E-state index is 0.250. The molecule has 1 aliphatic heterocycles. The van der Waals surface area contributed by atoms with Crippen molar-refractivity contribution in [2.24, 2.45) is 0 Å². The smallest absolute Gasteiger partial charge is 0.293 e. The minimum atomic E-state index is -0.301. The second kappa shape index (κ2) is 9.21. The lowest BCUT2D eigenvalue weighted by molar-refractivity contribution is -0.123. The predicted molar refractivity (Wildman–Crippen MR) is 109 cm³/mol. The number of imide groups is 1. The van der Waals surface area contributed by atoms with E-state index in [1.54, 1.807) is 6.08 Å². The minimum Gasteiger partial charge on any atom is -0.488 e. The topological polar surface area (TPSA) is 55.8 Å². The SMILES string of the molecule is COCCN1C(=O)S/C(=C/c2ccccc2OCc2ccc(Br)cc2)C1=O. The van der Waals surface area contributed by atoms with E-state index in [9.17, 15) is 9.59 Å². The van der Waals surface area contributed by atoms with Crippen molar-refractivity contribution in [2.45, 2.75) is 6.61 Å². The third kappa shape index (κ3) is 5.00. The summed E-state index contributed by atoms with van der Waals surface area (Å²) in [5.41, 5.74) is 1.79. The molecule has 0 spiro atoms. The van der Waals surface area contributed by atoms with Gasteiger partial charge in [-0.2, -0.15) is 0 Å². The summed E-state index contributed by atoms with van der Waals surface area (Å²) in [6.45, 7) is 0.978. The van der Waals surface area contributed by atoms with E-state index >= 15 is 0 Å². The van der Waals surface area contributed by atoms with Gasteiger partial charge in [0, 0.05) is 17.1 Å². The van der Waals surface area contributed by atoms with E-state index in [0.29, 0.717) is 23.9 Å². The van der Waals surface area contributed by atoms with Gasteiger partial charge in [0.2, 0.25) is 0 Å². The maximum atomic E-state index is 12.5. The molecule has 1 aliphatic rings. The van der Waals surface area contributed by atoms with E-state index in [4.69, 9.17) is 9.47 Å². The van der Waals surface area contributed by atoms with Gasteiger partial charge in [-0.05, 0) is 41.6 Å². The number of methoxy groups -OCH3 is 1. The van der Waals surface area contributed by atoms with Crippen LogP contribution in [0.15, 0.2) is 57.9 Å². The van der Waals surface area contributed by atoms with Crippen LogP contribution in [0.5, 0.6) is 5.75 Å². The third-order valence-corrected chi connectivity index (χ3v) is 5.34. The Kier molecular flexibility index (Phi) is 6.71. The molecular formula is C20H18BrNO4S. The predicted octanol–water partition coefficient (Wildman–Crippen LogP) is 4.71. The number of thioether (sulfide) groups is 1. The fourth-order valence-electron chi connectivity index (χ4n) is 2.49. The number of amides is 2. The Hall–Kier alpha value is -2.09. The summed E-state index contributed by atoms with van der Waals surface area (Å²) >= 11 is 4.34. The molecule has 0 saturated carbocycles. The van der Waals surface area contributed by atoms with Crippen LogP contribution in [0.4, 0.5) is 4.79 Å². The van der Waals surface area contributed by atoms with Crippen LogP contribution in [-0.2, 0) is 16.1 Å². The highest BCUT2D eigenvalue weighted by Gasteiger charge is 2.34. The van der Waals surface area contributed by atoms with Gasteiger partial charge in [-0.3, -0.25) is 14.5 Å². The molecule has 3 rings (SSSR count). The highest BCUT2D eigenvalue weighted by atomic mass is 79.9. The lowest BCUT2D eigenvalue weighted by Crippen LogP contribution is -2.31. The van der Waals surface area contributed by atoms with Gasteiger partial charge in [-0.25, -0.2) is 0 Å². The molecule has 2 amide bonds. The van der Waals surface area contributed by atoms with Gasteiger partial charge < -0.3 is 9.47 Å². The molecule has 0 N–H and O–H groups in total. The number of benzene rings is 2. The zero-order chi connectivity index (χ0) is 19.2. The third-order valence-electron chi connectivity index (χ3n) is 3.91. The molecule has 7 heteroatoms. The molecule has 0 aromatic heterocycles. The highest BCUT2D eigenvalue weighted by Crippen LogP contribution is 2.34. The Morgan fingerprint density at radius 2 is 1.85 bits per heavy atom. The van der Waals surface area contributed by atoms with E-state index < -0.39 is 0 Å². The Balaban J connectivity index is 1.75. The van der Waals surface area contributed by atoms with Crippen LogP contribution >= 0.6 is 27.7 Å². The summed E-state index contributed by atoms with van der Waals surface area (Å²) in [7, 11) is 1.54. The van der Waals surface area contributed by atoms with Crippen LogP contribution in [0, 0.1) is 0 Å². The normalized spacial score (nSPS) is 15.6. The Morgan fingerprint density at radius 3 is 2.59 bits per heavy atom. The average molecular weight is 448 g/mol. The number of para-hydroxylation sites is 1. The number of ether oxygens (including phenoxy) is 2. The molecule has 1 saturated heterocycles. The van der Waals surface area contributed by atoms with Gasteiger partial charge in [0.1, 0.15) is 12.4 Å². The van der Waals surface area contributed by atoms with E-state index in [1.165, 1.54) is 12.0 Å². The molecule has 0 aliphatic carbocycles. The summed E-state index contributed by atoms with van der Waals surface area (Å²) in [6.07, 6.45) is 1.70. The molecule has 2 aromatic carbocycles. The number of rotatable bonds is 7. The first-order valence-corrected chi connectivity index (χ1v) is 9.90. The van der Waals surface area contributed by atoms with Crippen LogP contribution in [0.2, 0.25) is 0 Å². The van der Waals surface area contributed by atoms with Gasteiger partial charge in [-0.15, -0.1) is 0 Å². The molecule has 0 unspecified atom stereocenters. The first-order valence-electron chi connectivity index (χ1n) is 8.29. The van der Waals surface area contributed by atoms with Crippen molar-refractivity contribution >= 4 is 44.9 Å². The van der Waals surface area contributed by atoms with Gasteiger partial charge in [0.05, 0.1) is 18.1 Å². The zero-order valence-corrected chi connectivity index (χ0v) is 17.1. The quantitative estimate of drug-likeness (QED) is 0.575. The Morgan fingerprint density at radius 1 is 1.11 bits per heavy atom. The number of hydrogen-bond donors (Lipinski definition) is 0. The second-order valence-electron chi connectivity index (χ2n) is 5.78. The van der Waals surface area contributed by atoms with Gasteiger partial charge in [0.25, 0.3) is 11.1 Å². The van der Waals surface area contributed by atoms with Crippen molar-refractivity contribution in [1.29, 1.82) is 0 Å². The number of carbonyl (C=O) groups excluding carboxylic acids is 2. The molecule has 0 bridgehead atoms. The lowest BCUT2D eigenvalue weighted by atomic mass is 10.1. The summed E-state index contributed by atoms with van der Waals surface area (Å²) in [4.78, 5) is 26.1. The van der Waals surface area contributed by atoms with Gasteiger partial charge >= 0.3 is 0 Å². The van der Waals surface area contributed by atoms with Gasteiger partial charge in [-0.1, -0.05) is 46.3 Å². The maximum Gasteiger partial charge on any atom is 0.293 e. The van der Waals surface area contributed by atoms with Crippen molar-refractivity contribution in [3.05, 3.63) is 69.0 Å². The van der Waals surface area contributed by atoms with Crippen LogP contribution < -0.4 is 4.74 Å². The second-order valence-corrected chi connectivity index (χ2v) is 7.69. The fourth-order valence-corrected chi connectivity index (χ4v) is 3.61. The molecule has 27 heavy (non-hydrogen) atoms. The molecule has 5 nitrogen and oxygen atoms in total. The van der Waals surface area contributed by atoms with Crippen molar-refractivity contribution in [3.63, 3.8) is 0 Å². The van der Waals surface area contributed by atoms with E-state index in [1.807, 2.05) is 48.5 Å². The van der Waals surface area contributed by atoms with Crippen molar-refractivity contribution in [1.82, 2.24) is 4.90 Å². The zero-order valence-electron chi connectivity index (χ0n) is 14.7. The van der Waals surface area contributed by atoms with Crippen molar-refractivity contribution in [2.75, 3.05) is 20.3 Å². The van der Waals surface area contributed by atoms with E-state index in [0.717, 1.165) is 27.4 Å². The van der Waals surface area contributed by atoms with Crippen LogP contribution in [-0.4, -0.2) is 36.3 Å². The number of hydrogen-bond acceptors (Lipinski definition) is 5. The number of carbonyl (C=O) groups is 2. The largest absolute Gasteiger partial charge is 0.488 e. The first kappa shape index (κ1) is 19.7. The summed E-state index contributed by atoms with van der Waals surface area (Å²) in [5.74, 6) is 0.355. The summed E-state index contributed by atoms with van der Waals surface area (Å²) < 4.78 is 11.9. The van der Waals surface area contributed by atoms with E-state index in [2.05, 4.69) is 15.9 Å². The van der Waals surface area contributed by atoms with E-state index in [-0.39, 0.29) is 17.7 Å². The van der Waals surface area contributed by atoms with Crippen molar-refractivity contribution in [3.8, 4) is 5.75 Å². The number of halogens is 1. The lowest BCUT2D eigenvalue weighted by Gasteiger charge is -2.11. The summed E-state index contributed by atoms with van der Waals surface area (Å²) in [6, 6.07) is 15.3. The molecule has 1 heterocycles. The van der Waals surface area contributed by atoms with Crippen LogP contribution in [0.3, 0.4) is 0 Å². The molecular weight excluding hydrogens is 430 g/mol. The Bertz CT molecular complexity index is 867. The Labute approximate surface area is 170 Å². The maximum absolute atomic E-state index is 12.5. The molecule has 2 aromatic rings. The standard InChI is InChI=1S/C20H18BrNO4S/c1-25-11-10-22-19(23)18(27-20(22)24)12-15-4-2-3-5-17(15)26-13-14-6-8-16(21)9-7-14/h2-9,12H,10-11,13H2,1H3/b18-12+. The summed E-state index contributed by atoms with van der Waals surface area (Å²) in [5, 5.41) is -0.281. The molecule has 0 atom stereocenters.